The lowest BCUT2D eigenvalue weighted by Gasteiger charge is -2.05. The van der Waals surface area contributed by atoms with Crippen LogP contribution in [-0.4, -0.2) is 36.8 Å². The Bertz CT molecular complexity index is 1240. The summed E-state index contributed by atoms with van der Waals surface area (Å²) in [7, 11) is -3.98. The van der Waals surface area contributed by atoms with E-state index in [1.165, 1.54) is 24.3 Å². The number of thiazole rings is 1. The molecule has 0 atom stereocenters. The number of non-ortho nitro benzene ring substituents is 1. The fraction of sp³-hybridized carbons (Fsp3) is 0.0556. The number of carbonyl (C=O) groups is 2. The Balaban J connectivity index is 1.62. The first-order valence-electron chi connectivity index (χ1n) is 8.45. The summed E-state index contributed by atoms with van der Waals surface area (Å²) in [6, 6.07) is 10.3. The number of hydrogen-bond acceptors (Lipinski definition) is 10. The number of hydrogen-bond donors (Lipinski definition) is 2. The summed E-state index contributed by atoms with van der Waals surface area (Å²) in [5.74, 6) is -1.44. The highest BCUT2D eigenvalue weighted by molar-refractivity contribution is 7.93. The van der Waals surface area contributed by atoms with Gasteiger partial charge in [0.05, 0.1) is 21.6 Å². The molecule has 0 aliphatic carbocycles. The maximum atomic E-state index is 12.6. The zero-order valence-corrected chi connectivity index (χ0v) is 17.2. The number of esters is 1. The van der Waals surface area contributed by atoms with E-state index in [0.717, 1.165) is 30.5 Å². The fourth-order valence-corrected chi connectivity index (χ4v) is 4.74. The number of sulfone groups is 1. The maximum absolute atomic E-state index is 12.6. The van der Waals surface area contributed by atoms with Gasteiger partial charge in [-0.3, -0.25) is 20.2 Å². The van der Waals surface area contributed by atoms with E-state index in [1.807, 2.05) is 0 Å². The molecule has 3 N–H and O–H groups in total. The minimum atomic E-state index is -3.98. The zero-order valence-electron chi connectivity index (χ0n) is 15.5. The molecular weight excluding hydrogens is 448 g/mol. The van der Waals surface area contributed by atoms with E-state index < -0.39 is 33.2 Å². The molecule has 3 aromatic rings. The van der Waals surface area contributed by atoms with Gasteiger partial charge in [-0.05, 0) is 36.4 Å². The zero-order chi connectivity index (χ0) is 22.6. The first-order valence-corrected chi connectivity index (χ1v) is 10.7. The third-order valence-electron chi connectivity index (χ3n) is 3.83. The highest BCUT2D eigenvalue weighted by Gasteiger charge is 2.22. The van der Waals surface area contributed by atoms with Crippen LogP contribution in [0.2, 0.25) is 0 Å². The lowest BCUT2D eigenvalue weighted by atomic mass is 10.2. The topological polar surface area (TPSA) is 172 Å². The molecule has 1 amide bonds. The maximum Gasteiger partial charge on any atom is 0.338 e. The van der Waals surface area contributed by atoms with Gasteiger partial charge in [-0.15, -0.1) is 0 Å². The predicted octanol–water partition coefficient (Wildman–Crippen LogP) is 2.26. The molecular formula is C18H14N4O7S2. The summed E-state index contributed by atoms with van der Waals surface area (Å²) in [4.78, 5) is 37.6. The Morgan fingerprint density at radius 1 is 1.13 bits per heavy atom. The molecule has 3 rings (SSSR count). The molecule has 1 aromatic heterocycles. The second-order valence-electron chi connectivity index (χ2n) is 5.99. The standard InChI is InChI=1S/C18H14N4O7S2/c19-12-3-1-11(2-4-12)17(24)29-10-15(23)21-18-20-9-16(30-18)31(27,28)14-7-5-13(6-8-14)22(25)26/h1-9H,10,19H2,(H,20,21,23). The minimum absolute atomic E-state index is 0.0194. The largest absolute Gasteiger partial charge is 0.452 e. The van der Waals surface area contributed by atoms with Crippen LogP contribution < -0.4 is 11.1 Å². The van der Waals surface area contributed by atoms with Crippen molar-refractivity contribution in [1.82, 2.24) is 4.98 Å². The number of carbonyl (C=O) groups excluding carboxylic acids is 2. The molecule has 0 spiro atoms. The van der Waals surface area contributed by atoms with Crippen molar-refractivity contribution in [3.05, 3.63) is 70.4 Å². The van der Waals surface area contributed by atoms with E-state index in [9.17, 15) is 28.1 Å². The van der Waals surface area contributed by atoms with Crippen LogP contribution in [0, 0.1) is 10.1 Å². The third kappa shape index (κ3) is 5.21. The van der Waals surface area contributed by atoms with Crippen LogP contribution in [0.5, 0.6) is 0 Å². The molecule has 0 bridgehead atoms. The number of aromatic nitrogens is 1. The first kappa shape index (κ1) is 21.9. The van der Waals surface area contributed by atoms with Crippen molar-refractivity contribution in [1.29, 1.82) is 0 Å². The Kier molecular flexibility index (Phi) is 6.27. The number of anilines is 2. The molecule has 11 nitrogen and oxygen atoms in total. The van der Waals surface area contributed by atoms with Gasteiger partial charge in [0, 0.05) is 17.8 Å². The Labute approximate surface area is 179 Å². The second kappa shape index (κ2) is 8.89. The number of benzene rings is 2. The number of rotatable bonds is 7. The molecule has 0 aliphatic rings. The summed E-state index contributed by atoms with van der Waals surface area (Å²) in [5, 5.41) is 13.0. The van der Waals surface area contributed by atoms with Crippen LogP contribution in [0.25, 0.3) is 0 Å². The predicted molar refractivity (Wildman–Crippen MR) is 110 cm³/mol. The Hall–Kier alpha value is -3.84. The molecule has 0 saturated heterocycles. The van der Waals surface area contributed by atoms with Crippen LogP contribution >= 0.6 is 11.3 Å². The van der Waals surface area contributed by atoms with E-state index in [0.29, 0.717) is 17.0 Å². The van der Waals surface area contributed by atoms with Crippen molar-refractivity contribution in [2.24, 2.45) is 0 Å². The van der Waals surface area contributed by atoms with Crippen LogP contribution in [0.15, 0.2) is 63.8 Å². The fourth-order valence-electron chi connectivity index (χ4n) is 2.29. The van der Waals surface area contributed by atoms with Gasteiger partial charge in [0.1, 0.15) is 4.21 Å². The summed E-state index contributed by atoms with van der Waals surface area (Å²) >= 11 is 0.686. The molecule has 0 unspecified atom stereocenters. The number of ether oxygens (including phenoxy) is 1. The average molecular weight is 462 g/mol. The van der Waals surface area contributed by atoms with Crippen molar-refractivity contribution < 1.29 is 27.7 Å². The molecule has 1 heterocycles. The highest BCUT2D eigenvalue weighted by atomic mass is 32.2. The van der Waals surface area contributed by atoms with Gasteiger partial charge in [-0.1, -0.05) is 11.3 Å². The monoisotopic (exact) mass is 462 g/mol. The van der Waals surface area contributed by atoms with E-state index in [2.05, 4.69) is 10.3 Å². The van der Waals surface area contributed by atoms with Crippen molar-refractivity contribution in [3.8, 4) is 0 Å². The summed E-state index contributed by atoms with van der Waals surface area (Å²) in [6.45, 7) is -0.604. The first-order chi connectivity index (χ1) is 14.7. The average Bonchev–Trinajstić information content (AvgIpc) is 3.22. The molecule has 13 heteroatoms. The van der Waals surface area contributed by atoms with Crippen molar-refractivity contribution in [2.45, 2.75) is 9.10 Å². The number of amides is 1. The smallest absolute Gasteiger partial charge is 0.338 e. The number of nitrogens with two attached hydrogens (primary N) is 1. The lowest BCUT2D eigenvalue weighted by molar-refractivity contribution is -0.384. The summed E-state index contributed by atoms with van der Waals surface area (Å²) < 4.78 is 30.0. The third-order valence-corrected chi connectivity index (χ3v) is 6.98. The van der Waals surface area contributed by atoms with E-state index >= 15 is 0 Å². The quantitative estimate of drug-likeness (QED) is 0.231. The van der Waals surface area contributed by atoms with E-state index in [1.54, 1.807) is 0 Å². The van der Waals surface area contributed by atoms with Gasteiger partial charge in [0.2, 0.25) is 9.84 Å². The van der Waals surface area contributed by atoms with E-state index in [4.69, 9.17) is 10.5 Å². The summed E-state index contributed by atoms with van der Waals surface area (Å²) in [6.07, 6.45) is 1.05. The molecule has 0 saturated carbocycles. The number of nitro benzene ring substituents is 1. The van der Waals surface area contributed by atoms with Gasteiger partial charge in [0.25, 0.3) is 11.6 Å². The van der Waals surface area contributed by atoms with Gasteiger partial charge in [0.15, 0.2) is 11.7 Å². The number of nitrogen functional groups attached to an aromatic ring is 1. The van der Waals surface area contributed by atoms with E-state index in [-0.39, 0.29) is 25.5 Å². The van der Waals surface area contributed by atoms with Gasteiger partial charge < -0.3 is 10.5 Å². The lowest BCUT2D eigenvalue weighted by Crippen LogP contribution is -2.20. The van der Waals surface area contributed by atoms with Gasteiger partial charge in [-0.25, -0.2) is 18.2 Å². The highest BCUT2D eigenvalue weighted by Crippen LogP contribution is 2.29. The van der Waals surface area contributed by atoms with Crippen molar-refractivity contribution >= 4 is 49.6 Å². The molecule has 160 valence electrons. The molecule has 2 aromatic carbocycles. The van der Waals surface area contributed by atoms with Gasteiger partial charge in [-0.2, -0.15) is 0 Å². The van der Waals surface area contributed by atoms with Crippen LogP contribution in [0.4, 0.5) is 16.5 Å². The minimum Gasteiger partial charge on any atom is -0.452 e. The van der Waals surface area contributed by atoms with Crippen LogP contribution in [-0.2, 0) is 19.4 Å². The molecule has 0 fully saturated rings. The molecule has 31 heavy (non-hydrogen) atoms. The number of nitrogens with one attached hydrogen (secondary N) is 1. The number of nitrogens with zero attached hydrogens (tertiary/aromatic N) is 2. The Morgan fingerprint density at radius 3 is 2.39 bits per heavy atom. The normalized spacial score (nSPS) is 11.0. The van der Waals surface area contributed by atoms with Crippen LogP contribution in [0.3, 0.4) is 0 Å². The summed E-state index contributed by atoms with van der Waals surface area (Å²) in [5.41, 5.74) is 5.97. The SMILES string of the molecule is Nc1ccc(C(=O)OCC(=O)Nc2ncc(S(=O)(=O)c3ccc([N+](=O)[O-])cc3)s2)cc1. The molecule has 0 aliphatic heterocycles. The number of nitro groups is 1. The van der Waals surface area contributed by atoms with Gasteiger partial charge >= 0.3 is 5.97 Å². The van der Waals surface area contributed by atoms with Crippen molar-refractivity contribution in [2.75, 3.05) is 17.7 Å². The second-order valence-corrected chi connectivity index (χ2v) is 9.19. The van der Waals surface area contributed by atoms with Crippen molar-refractivity contribution in [3.63, 3.8) is 0 Å². The molecule has 0 radical (unpaired) electrons. The van der Waals surface area contributed by atoms with Crippen LogP contribution in [0.1, 0.15) is 10.4 Å². The Morgan fingerprint density at radius 2 is 1.77 bits per heavy atom.